The number of ether oxygens (including phenoxy) is 1. The Hall–Kier alpha value is -1.32. The third-order valence-electron chi connectivity index (χ3n) is 1.98. The molecular weight excluding hydrogens is 263 g/mol. The van der Waals surface area contributed by atoms with E-state index in [0.717, 1.165) is 18.7 Å². The van der Waals surface area contributed by atoms with Gasteiger partial charge in [-0.05, 0) is 11.6 Å². The summed E-state index contributed by atoms with van der Waals surface area (Å²) in [5.41, 5.74) is 0.801. The summed E-state index contributed by atoms with van der Waals surface area (Å²) in [5.74, 6) is -1.74. The molecule has 0 bridgehead atoms. The molecule has 0 fully saturated rings. The Kier molecular flexibility index (Phi) is 4.73. The molecule has 0 aliphatic heterocycles. The lowest BCUT2D eigenvalue weighted by Gasteiger charge is -2.12. The summed E-state index contributed by atoms with van der Waals surface area (Å²) in [7, 11) is 1.11. The summed E-state index contributed by atoms with van der Waals surface area (Å²) in [4.78, 5) is 22.7. The van der Waals surface area contributed by atoms with Crippen molar-refractivity contribution >= 4 is 41.0 Å². The summed E-state index contributed by atoms with van der Waals surface area (Å²) in [6, 6.07) is 9.08. The lowest BCUT2D eigenvalue weighted by molar-refractivity contribution is -0.143. The van der Waals surface area contributed by atoms with E-state index >= 15 is 0 Å². The first-order chi connectivity index (χ1) is 7.98. The molecule has 3 nitrogen and oxygen atoms in total. The number of rotatable bonds is 4. The second-order valence-electron chi connectivity index (χ2n) is 3.17. The van der Waals surface area contributed by atoms with Gasteiger partial charge in [0, 0.05) is 0 Å². The molecular formula is C12H10Cl2O3. The van der Waals surface area contributed by atoms with Crippen LogP contribution in [0.1, 0.15) is 5.56 Å². The number of ketones is 1. The maximum Gasteiger partial charge on any atom is 0.350 e. The Morgan fingerprint density at radius 3 is 2.35 bits per heavy atom. The van der Waals surface area contributed by atoms with Gasteiger partial charge in [0.15, 0.2) is 0 Å². The zero-order valence-electron chi connectivity index (χ0n) is 9.02. The Morgan fingerprint density at radius 1 is 1.24 bits per heavy atom. The topological polar surface area (TPSA) is 43.4 Å². The molecule has 0 N–H and O–H groups in total. The molecule has 1 rings (SSSR count). The molecule has 0 saturated carbocycles. The third kappa shape index (κ3) is 3.58. The van der Waals surface area contributed by atoms with E-state index in [4.69, 9.17) is 23.2 Å². The Balaban J connectivity index is 2.79. The molecule has 5 heteroatoms. The van der Waals surface area contributed by atoms with Crippen molar-refractivity contribution in [1.82, 2.24) is 0 Å². The van der Waals surface area contributed by atoms with Crippen molar-refractivity contribution in [2.45, 2.75) is 4.33 Å². The minimum atomic E-state index is -2.19. The average Bonchev–Trinajstić information content (AvgIpc) is 2.35. The molecule has 0 spiro atoms. The SMILES string of the molecule is COC(=O)C(Cl)(Cl)C(=O)C=Cc1ccccc1. The van der Waals surface area contributed by atoms with Gasteiger partial charge < -0.3 is 4.74 Å². The second-order valence-corrected chi connectivity index (χ2v) is 4.50. The van der Waals surface area contributed by atoms with Gasteiger partial charge in [-0.25, -0.2) is 4.79 Å². The zero-order chi connectivity index (χ0) is 12.9. The number of allylic oxidation sites excluding steroid dienone is 1. The molecule has 0 atom stereocenters. The summed E-state index contributed by atoms with van der Waals surface area (Å²) in [5, 5.41) is 0. The van der Waals surface area contributed by atoms with Crippen molar-refractivity contribution in [3.8, 4) is 0 Å². The first kappa shape index (κ1) is 13.7. The number of esters is 1. The molecule has 1 aromatic rings. The predicted molar refractivity (Wildman–Crippen MR) is 66.9 cm³/mol. The fourth-order valence-corrected chi connectivity index (χ4v) is 1.35. The quantitative estimate of drug-likeness (QED) is 0.366. The van der Waals surface area contributed by atoms with E-state index in [2.05, 4.69) is 4.74 Å². The smallest absolute Gasteiger partial charge is 0.350 e. The van der Waals surface area contributed by atoms with Crippen LogP contribution in [-0.4, -0.2) is 23.2 Å². The molecule has 0 aliphatic carbocycles. The highest BCUT2D eigenvalue weighted by Crippen LogP contribution is 2.24. The number of alkyl halides is 2. The Morgan fingerprint density at radius 2 is 1.82 bits per heavy atom. The molecule has 0 saturated heterocycles. The van der Waals surface area contributed by atoms with Gasteiger partial charge in [-0.15, -0.1) is 0 Å². The first-order valence-corrected chi connectivity index (χ1v) is 5.48. The van der Waals surface area contributed by atoms with Crippen LogP contribution in [0.4, 0.5) is 0 Å². The second kappa shape index (κ2) is 5.84. The van der Waals surface area contributed by atoms with Crippen LogP contribution in [0.25, 0.3) is 6.08 Å². The summed E-state index contributed by atoms with van der Waals surface area (Å²) >= 11 is 11.2. The molecule has 0 heterocycles. The van der Waals surface area contributed by atoms with Crippen LogP contribution in [0.3, 0.4) is 0 Å². The highest BCUT2D eigenvalue weighted by molar-refractivity contribution is 6.68. The average molecular weight is 273 g/mol. The number of methoxy groups -OCH3 is 1. The minimum absolute atomic E-state index is 0.739. The van der Waals surface area contributed by atoms with Gasteiger partial charge in [0.25, 0.3) is 4.33 Å². The molecule has 0 amide bonds. The number of carbonyl (C=O) groups is 2. The largest absolute Gasteiger partial charge is 0.466 e. The first-order valence-electron chi connectivity index (χ1n) is 4.72. The standard InChI is InChI=1S/C12H10Cl2O3/c1-17-11(16)12(13,14)10(15)8-7-9-5-3-2-4-6-9/h2-8H,1H3. The van der Waals surface area contributed by atoms with Crippen molar-refractivity contribution < 1.29 is 14.3 Å². The molecule has 90 valence electrons. The van der Waals surface area contributed by atoms with Gasteiger partial charge >= 0.3 is 5.97 Å². The van der Waals surface area contributed by atoms with E-state index in [1.165, 1.54) is 6.08 Å². The van der Waals surface area contributed by atoms with Crippen LogP contribution >= 0.6 is 23.2 Å². The zero-order valence-corrected chi connectivity index (χ0v) is 10.5. The minimum Gasteiger partial charge on any atom is -0.466 e. The summed E-state index contributed by atoms with van der Waals surface area (Å²) in [6.07, 6.45) is 2.66. The van der Waals surface area contributed by atoms with E-state index in [1.54, 1.807) is 12.1 Å². The Labute approximate surface area is 109 Å². The van der Waals surface area contributed by atoms with Gasteiger partial charge in [-0.3, -0.25) is 4.79 Å². The molecule has 0 aliphatic rings. The number of carbonyl (C=O) groups excluding carboxylic acids is 2. The molecule has 0 unspecified atom stereocenters. The highest BCUT2D eigenvalue weighted by Gasteiger charge is 2.41. The Bertz CT molecular complexity index is 438. The fourth-order valence-electron chi connectivity index (χ4n) is 1.07. The summed E-state index contributed by atoms with van der Waals surface area (Å²) in [6.45, 7) is 0. The van der Waals surface area contributed by atoms with Crippen LogP contribution in [0.2, 0.25) is 0 Å². The van der Waals surface area contributed by atoms with Crippen molar-refractivity contribution in [2.24, 2.45) is 0 Å². The van der Waals surface area contributed by atoms with Gasteiger partial charge in [0.1, 0.15) is 0 Å². The van der Waals surface area contributed by atoms with E-state index in [0.29, 0.717) is 0 Å². The van der Waals surface area contributed by atoms with Crippen LogP contribution < -0.4 is 0 Å². The number of halogens is 2. The number of benzene rings is 1. The maximum atomic E-state index is 11.6. The summed E-state index contributed by atoms with van der Waals surface area (Å²) < 4.78 is 2.14. The van der Waals surface area contributed by atoms with Crippen LogP contribution in [0, 0.1) is 0 Å². The normalized spacial score (nSPS) is 11.5. The van der Waals surface area contributed by atoms with Gasteiger partial charge in [0.05, 0.1) is 7.11 Å². The molecule has 17 heavy (non-hydrogen) atoms. The molecule has 0 aromatic heterocycles. The van der Waals surface area contributed by atoms with E-state index in [-0.39, 0.29) is 0 Å². The van der Waals surface area contributed by atoms with Gasteiger partial charge in [0.2, 0.25) is 5.78 Å². The molecule has 1 aromatic carbocycles. The van der Waals surface area contributed by atoms with Crippen LogP contribution in [0.15, 0.2) is 36.4 Å². The third-order valence-corrected chi connectivity index (χ3v) is 2.66. The predicted octanol–water partition coefficient (Wildman–Crippen LogP) is 2.62. The van der Waals surface area contributed by atoms with Crippen molar-refractivity contribution in [3.05, 3.63) is 42.0 Å². The van der Waals surface area contributed by atoms with E-state index < -0.39 is 16.1 Å². The number of hydrogen-bond donors (Lipinski definition) is 0. The van der Waals surface area contributed by atoms with E-state index in [9.17, 15) is 9.59 Å². The van der Waals surface area contributed by atoms with Crippen molar-refractivity contribution in [3.63, 3.8) is 0 Å². The van der Waals surface area contributed by atoms with Crippen molar-refractivity contribution in [2.75, 3.05) is 7.11 Å². The van der Waals surface area contributed by atoms with Gasteiger partial charge in [-0.2, -0.15) is 0 Å². The molecule has 0 radical (unpaired) electrons. The lowest BCUT2D eigenvalue weighted by Crippen LogP contribution is -2.35. The maximum absolute atomic E-state index is 11.6. The lowest BCUT2D eigenvalue weighted by atomic mass is 10.1. The van der Waals surface area contributed by atoms with E-state index in [1.807, 2.05) is 18.2 Å². The van der Waals surface area contributed by atoms with Crippen LogP contribution in [-0.2, 0) is 14.3 Å². The fraction of sp³-hybridized carbons (Fsp3) is 0.167. The van der Waals surface area contributed by atoms with Crippen LogP contribution in [0.5, 0.6) is 0 Å². The monoisotopic (exact) mass is 272 g/mol. The van der Waals surface area contributed by atoms with Gasteiger partial charge in [-0.1, -0.05) is 59.6 Å². The highest BCUT2D eigenvalue weighted by atomic mass is 35.5. The number of hydrogen-bond acceptors (Lipinski definition) is 3. The van der Waals surface area contributed by atoms with Crippen molar-refractivity contribution in [1.29, 1.82) is 0 Å².